The molecule has 6 heteroatoms. The highest BCUT2D eigenvalue weighted by Crippen LogP contribution is 2.28. The molecular formula is C14H20N4O2. The van der Waals surface area contributed by atoms with E-state index in [1.165, 1.54) is 31.7 Å². The van der Waals surface area contributed by atoms with Gasteiger partial charge >= 0.3 is 5.69 Å². The molecule has 0 atom stereocenters. The van der Waals surface area contributed by atoms with Crippen molar-refractivity contribution in [3.63, 3.8) is 0 Å². The van der Waals surface area contributed by atoms with Crippen LogP contribution in [-0.2, 0) is 0 Å². The Balaban J connectivity index is 1.67. The molecule has 2 fully saturated rings. The molecule has 3 rings (SSSR count). The van der Waals surface area contributed by atoms with E-state index in [2.05, 4.69) is 9.88 Å². The number of rotatable bonds is 3. The van der Waals surface area contributed by atoms with Gasteiger partial charge in [0.1, 0.15) is 0 Å². The fraction of sp³-hybridized carbons (Fsp3) is 0.643. The summed E-state index contributed by atoms with van der Waals surface area (Å²) in [4.78, 5) is 19.5. The second kappa shape index (κ2) is 5.75. The maximum absolute atomic E-state index is 11.1. The van der Waals surface area contributed by atoms with Crippen LogP contribution in [0.3, 0.4) is 0 Å². The topological polar surface area (TPSA) is 62.5 Å². The van der Waals surface area contributed by atoms with Crippen LogP contribution in [0.15, 0.2) is 18.3 Å². The minimum absolute atomic E-state index is 0.113. The van der Waals surface area contributed by atoms with Crippen molar-refractivity contribution in [2.45, 2.75) is 31.7 Å². The van der Waals surface area contributed by atoms with Gasteiger partial charge in [-0.05, 0) is 18.9 Å². The van der Waals surface area contributed by atoms with Crippen molar-refractivity contribution in [3.05, 3.63) is 28.4 Å². The maximum atomic E-state index is 11.1. The fourth-order valence-electron chi connectivity index (χ4n) is 3.34. The zero-order valence-electron chi connectivity index (χ0n) is 11.6. The molecule has 0 bridgehead atoms. The molecule has 0 spiro atoms. The van der Waals surface area contributed by atoms with Crippen LogP contribution in [0.1, 0.15) is 25.7 Å². The first-order chi connectivity index (χ1) is 9.75. The Morgan fingerprint density at radius 1 is 1.20 bits per heavy atom. The van der Waals surface area contributed by atoms with E-state index in [0.29, 0.717) is 5.82 Å². The van der Waals surface area contributed by atoms with Crippen LogP contribution in [0.2, 0.25) is 0 Å². The lowest BCUT2D eigenvalue weighted by Crippen LogP contribution is -2.50. The molecule has 2 aliphatic rings. The quantitative estimate of drug-likeness (QED) is 0.624. The Bertz CT molecular complexity index is 480. The summed E-state index contributed by atoms with van der Waals surface area (Å²) < 4.78 is 0. The van der Waals surface area contributed by atoms with Gasteiger partial charge in [-0.1, -0.05) is 12.8 Å². The van der Waals surface area contributed by atoms with E-state index >= 15 is 0 Å². The zero-order chi connectivity index (χ0) is 13.9. The maximum Gasteiger partial charge on any atom is 0.311 e. The standard InChI is InChI=1S/C14H20N4O2/c19-18(20)13-6-3-7-15-14(13)17-10-8-16(9-11-17)12-4-1-2-5-12/h3,6-7,12H,1-2,4-5,8-11H2. The number of nitro groups is 1. The highest BCUT2D eigenvalue weighted by atomic mass is 16.6. The molecule has 1 aliphatic heterocycles. The molecule has 20 heavy (non-hydrogen) atoms. The van der Waals surface area contributed by atoms with Crippen LogP contribution < -0.4 is 4.90 Å². The lowest BCUT2D eigenvalue weighted by molar-refractivity contribution is -0.384. The predicted molar refractivity (Wildman–Crippen MR) is 76.9 cm³/mol. The van der Waals surface area contributed by atoms with Crippen molar-refractivity contribution < 1.29 is 4.92 Å². The number of pyridine rings is 1. The number of piperazine rings is 1. The van der Waals surface area contributed by atoms with Crippen molar-refractivity contribution in [2.75, 3.05) is 31.1 Å². The van der Waals surface area contributed by atoms with E-state index in [-0.39, 0.29) is 10.6 Å². The highest BCUT2D eigenvalue weighted by molar-refractivity contribution is 5.57. The summed E-state index contributed by atoms with van der Waals surface area (Å²) in [5.41, 5.74) is 0.113. The lowest BCUT2D eigenvalue weighted by Gasteiger charge is -2.38. The normalized spacial score (nSPS) is 21.3. The van der Waals surface area contributed by atoms with Gasteiger partial charge in [-0.25, -0.2) is 4.98 Å². The average molecular weight is 276 g/mol. The Morgan fingerprint density at radius 2 is 1.90 bits per heavy atom. The first-order valence-corrected chi connectivity index (χ1v) is 7.34. The van der Waals surface area contributed by atoms with Crippen LogP contribution >= 0.6 is 0 Å². The SMILES string of the molecule is O=[N+]([O-])c1cccnc1N1CCN(C2CCCC2)CC1. The smallest absolute Gasteiger partial charge is 0.311 e. The molecule has 0 unspecified atom stereocenters. The molecule has 1 saturated carbocycles. The van der Waals surface area contributed by atoms with Crippen molar-refractivity contribution in [1.29, 1.82) is 0 Å². The summed E-state index contributed by atoms with van der Waals surface area (Å²) in [6.45, 7) is 3.62. The van der Waals surface area contributed by atoms with E-state index < -0.39 is 0 Å². The molecule has 0 N–H and O–H groups in total. The molecule has 0 radical (unpaired) electrons. The van der Waals surface area contributed by atoms with Gasteiger partial charge in [0.15, 0.2) is 0 Å². The fourth-order valence-corrected chi connectivity index (χ4v) is 3.34. The Hall–Kier alpha value is -1.69. The summed E-state index contributed by atoms with van der Waals surface area (Å²) in [5.74, 6) is 0.517. The Kier molecular flexibility index (Phi) is 3.82. The highest BCUT2D eigenvalue weighted by Gasteiger charge is 2.29. The van der Waals surface area contributed by atoms with Gasteiger partial charge in [0.05, 0.1) is 4.92 Å². The van der Waals surface area contributed by atoms with Crippen LogP contribution in [0.25, 0.3) is 0 Å². The zero-order valence-corrected chi connectivity index (χ0v) is 11.6. The third kappa shape index (κ3) is 2.60. The third-order valence-corrected chi connectivity index (χ3v) is 4.42. The monoisotopic (exact) mass is 276 g/mol. The van der Waals surface area contributed by atoms with Crippen LogP contribution in [0.4, 0.5) is 11.5 Å². The van der Waals surface area contributed by atoms with Crippen LogP contribution in [0, 0.1) is 10.1 Å². The number of aromatic nitrogens is 1. The Labute approximate surface area is 118 Å². The van der Waals surface area contributed by atoms with E-state index in [1.807, 2.05) is 4.90 Å². The van der Waals surface area contributed by atoms with Gasteiger partial charge in [-0.3, -0.25) is 15.0 Å². The molecule has 2 heterocycles. The van der Waals surface area contributed by atoms with E-state index in [9.17, 15) is 10.1 Å². The van der Waals surface area contributed by atoms with Crippen molar-refractivity contribution in [2.24, 2.45) is 0 Å². The summed E-state index contributed by atoms with van der Waals surface area (Å²) >= 11 is 0. The molecule has 1 aromatic heterocycles. The molecule has 0 aromatic carbocycles. The minimum Gasteiger partial charge on any atom is -0.348 e. The molecule has 1 saturated heterocycles. The van der Waals surface area contributed by atoms with Gasteiger partial charge < -0.3 is 4.90 Å². The summed E-state index contributed by atoms with van der Waals surface area (Å²) in [6.07, 6.45) is 6.94. The lowest BCUT2D eigenvalue weighted by atomic mass is 10.2. The first kappa shape index (κ1) is 13.3. The summed E-state index contributed by atoms with van der Waals surface area (Å²) in [6, 6.07) is 3.89. The predicted octanol–water partition coefficient (Wildman–Crippen LogP) is 2.05. The second-order valence-corrected chi connectivity index (χ2v) is 5.56. The molecule has 0 amide bonds. The van der Waals surface area contributed by atoms with E-state index in [0.717, 1.165) is 32.2 Å². The first-order valence-electron chi connectivity index (χ1n) is 7.34. The number of anilines is 1. The van der Waals surface area contributed by atoms with Crippen LogP contribution in [0.5, 0.6) is 0 Å². The molecular weight excluding hydrogens is 256 g/mol. The van der Waals surface area contributed by atoms with Gasteiger partial charge in [0.25, 0.3) is 0 Å². The number of nitrogens with zero attached hydrogens (tertiary/aromatic N) is 4. The second-order valence-electron chi connectivity index (χ2n) is 5.56. The molecule has 6 nitrogen and oxygen atoms in total. The van der Waals surface area contributed by atoms with E-state index in [4.69, 9.17) is 0 Å². The summed E-state index contributed by atoms with van der Waals surface area (Å²) in [5, 5.41) is 11.1. The van der Waals surface area contributed by atoms with Crippen molar-refractivity contribution in [1.82, 2.24) is 9.88 Å². The molecule has 108 valence electrons. The van der Waals surface area contributed by atoms with Gasteiger partial charge in [-0.15, -0.1) is 0 Å². The number of hydrogen-bond acceptors (Lipinski definition) is 5. The average Bonchev–Trinajstić information content (AvgIpc) is 3.02. The number of hydrogen-bond donors (Lipinski definition) is 0. The molecule has 1 aliphatic carbocycles. The van der Waals surface area contributed by atoms with Gasteiger partial charge in [0.2, 0.25) is 5.82 Å². The van der Waals surface area contributed by atoms with E-state index in [1.54, 1.807) is 12.3 Å². The molecule has 1 aromatic rings. The van der Waals surface area contributed by atoms with Gasteiger partial charge in [0, 0.05) is 44.5 Å². The van der Waals surface area contributed by atoms with Crippen molar-refractivity contribution in [3.8, 4) is 0 Å². The van der Waals surface area contributed by atoms with Gasteiger partial charge in [-0.2, -0.15) is 0 Å². The largest absolute Gasteiger partial charge is 0.348 e. The van der Waals surface area contributed by atoms with Crippen molar-refractivity contribution >= 4 is 11.5 Å². The van der Waals surface area contributed by atoms with Crippen LogP contribution in [-0.4, -0.2) is 47.0 Å². The minimum atomic E-state index is -0.342. The summed E-state index contributed by atoms with van der Waals surface area (Å²) in [7, 11) is 0. The third-order valence-electron chi connectivity index (χ3n) is 4.42. The Morgan fingerprint density at radius 3 is 2.55 bits per heavy atom.